The maximum atomic E-state index is 15.0. The van der Waals surface area contributed by atoms with E-state index in [4.69, 9.17) is 9.47 Å². The molecular weight excluding hydrogens is 411 g/mol. The predicted molar refractivity (Wildman–Crippen MR) is 132 cm³/mol. The third-order valence-electron chi connectivity index (χ3n) is 7.19. The van der Waals surface area contributed by atoms with Crippen LogP contribution in [0.15, 0.2) is 54.6 Å². The minimum atomic E-state index is -0.110. The largest absolute Gasteiger partial charge is 0.490 e. The lowest BCUT2D eigenvalue weighted by Crippen LogP contribution is -2.33. The second kappa shape index (κ2) is 11.5. The van der Waals surface area contributed by atoms with Crippen LogP contribution in [0.2, 0.25) is 0 Å². The number of fused-ring (bicyclic) bond motifs is 1. The van der Waals surface area contributed by atoms with Gasteiger partial charge in [0.1, 0.15) is 18.2 Å². The molecule has 33 heavy (non-hydrogen) atoms. The summed E-state index contributed by atoms with van der Waals surface area (Å²) in [6, 6.07) is 13.2. The van der Waals surface area contributed by atoms with Crippen LogP contribution in [-0.2, 0) is 4.74 Å². The Hall–Kier alpha value is -2.57. The number of allylic oxidation sites excluding steroid dienone is 1. The molecule has 0 radical (unpaired) electrons. The Morgan fingerprint density at radius 3 is 2.42 bits per heavy atom. The van der Waals surface area contributed by atoms with Gasteiger partial charge >= 0.3 is 0 Å². The topological polar surface area (TPSA) is 18.5 Å². The normalized spacial score (nSPS) is 24.7. The Morgan fingerprint density at radius 2 is 1.67 bits per heavy atom. The van der Waals surface area contributed by atoms with Crippen LogP contribution in [-0.4, -0.2) is 19.3 Å². The second-order valence-corrected chi connectivity index (χ2v) is 9.31. The first kappa shape index (κ1) is 23.6. The molecule has 2 saturated carbocycles. The number of rotatable bonds is 6. The zero-order valence-corrected chi connectivity index (χ0v) is 19.9. The molecule has 2 nitrogen and oxygen atoms in total. The number of hydrogen-bond acceptors (Lipinski definition) is 2. The monoisotopic (exact) mass is 446 g/mol. The molecule has 4 unspecified atom stereocenters. The Kier molecular flexibility index (Phi) is 8.24. The quantitative estimate of drug-likeness (QED) is 0.343. The fourth-order valence-electron chi connectivity index (χ4n) is 5.47. The Morgan fingerprint density at radius 1 is 0.939 bits per heavy atom. The molecule has 174 valence electrons. The molecule has 0 amide bonds. The SMILES string of the molecule is C/C=C/COc1ccc(C#Cc2ccc(C3CCC4CC(OCC)CCC4C3)c(F)c2)cc1. The van der Waals surface area contributed by atoms with E-state index < -0.39 is 0 Å². The molecule has 4 rings (SSSR count). The van der Waals surface area contributed by atoms with Gasteiger partial charge in [-0.3, -0.25) is 0 Å². The first-order valence-corrected chi connectivity index (χ1v) is 12.4. The lowest BCUT2D eigenvalue weighted by atomic mass is 9.65. The molecule has 2 aromatic rings. The van der Waals surface area contributed by atoms with Crippen LogP contribution < -0.4 is 4.74 Å². The van der Waals surface area contributed by atoms with Gasteiger partial charge in [-0.25, -0.2) is 4.39 Å². The molecule has 2 aromatic carbocycles. The van der Waals surface area contributed by atoms with Gasteiger partial charge in [-0.15, -0.1) is 0 Å². The minimum Gasteiger partial charge on any atom is -0.490 e. The molecule has 3 heteroatoms. The van der Waals surface area contributed by atoms with Crippen molar-refractivity contribution in [3.63, 3.8) is 0 Å². The van der Waals surface area contributed by atoms with Crippen molar-refractivity contribution in [2.24, 2.45) is 11.8 Å². The molecule has 2 fully saturated rings. The summed E-state index contributed by atoms with van der Waals surface area (Å²) in [5.74, 6) is 8.74. The van der Waals surface area contributed by atoms with E-state index in [1.807, 2.05) is 55.5 Å². The summed E-state index contributed by atoms with van der Waals surface area (Å²) in [4.78, 5) is 0. The van der Waals surface area contributed by atoms with E-state index in [9.17, 15) is 0 Å². The highest BCUT2D eigenvalue weighted by Crippen LogP contribution is 2.47. The van der Waals surface area contributed by atoms with Crippen molar-refractivity contribution in [3.8, 4) is 17.6 Å². The highest BCUT2D eigenvalue weighted by atomic mass is 19.1. The van der Waals surface area contributed by atoms with Gasteiger partial charge in [0.05, 0.1) is 6.10 Å². The van der Waals surface area contributed by atoms with Crippen LogP contribution in [0.3, 0.4) is 0 Å². The van der Waals surface area contributed by atoms with Gasteiger partial charge in [-0.2, -0.15) is 0 Å². The summed E-state index contributed by atoms with van der Waals surface area (Å²) < 4.78 is 26.5. The van der Waals surface area contributed by atoms with Gasteiger partial charge < -0.3 is 9.47 Å². The van der Waals surface area contributed by atoms with E-state index in [-0.39, 0.29) is 5.82 Å². The van der Waals surface area contributed by atoms with Crippen LogP contribution in [0.5, 0.6) is 5.75 Å². The van der Waals surface area contributed by atoms with Crippen molar-refractivity contribution in [1.82, 2.24) is 0 Å². The summed E-state index contributed by atoms with van der Waals surface area (Å²) in [5, 5.41) is 0. The zero-order valence-electron chi connectivity index (χ0n) is 19.9. The van der Waals surface area contributed by atoms with Crippen LogP contribution in [0, 0.1) is 29.5 Å². The lowest BCUT2D eigenvalue weighted by molar-refractivity contribution is -0.00968. The molecule has 0 aromatic heterocycles. The first-order valence-electron chi connectivity index (χ1n) is 12.4. The van der Waals surface area contributed by atoms with Gasteiger partial charge in [0.25, 0.3) is 0 Å². The van der Waals surface area contributed by atoms with Gasteiger partial charge in [0, 0.05) is 17.7 Å². The zero-order chi connectivity index (χ0) is 23.0. The van der Waals surface area contributed by atoms with E-state index in [1.54, 1.807) is 6.07 Å². The molecule has 0 N–H and O–H groups in total. The van der Waals surface area contributed by atoms with Gasteiger partial charge in [0.15, 0.2) is 0 Å². The number of halogens is 1. The Labute approximate surface area is 198 Å². The van der Waals surface area contributed by atoms with Gasteiger partial charge in [-0.05, 0) is 112 Å². The maximum Gasteiger partial charge on any atom is 0.127 e. The van der Waals surface area contributed by atoms with Crippen LogP contribution in [0.25, 0.3) is 0 Å². The van der Waals surface area contributed by atoms with Crippen LogP contribution in [0.4, 0.5) is 4.39 Å². The molecule has 2 aliphatic carbocycles. The summed E-state index contributed by atoms with van der Waals surface area (Å²) >= 11 is 0. The summed E-state index contributed by atoms with van der Waals surface area (Å²) in [7, 11) is 0. The smallest absolute Gasteiger partial charge is 0.127 e. The van der Waals surface area contributed by atoms with Crippen molar-refractivity contribution in [1.29, 1.82) is 0 Å². The van der Waals surface area contributed by atoms with Crippen LogP contribution in [0.1, 0.15) is 75.0 Å². The molecule has 2 aliphatic rings. The Balaban J connectivity index is 1.36. The minimum absolute atomic E-state index is 0.110. The molecule has 0 bridgehead atoms. The fourth-order valence-corrected chi connectivity index (χ4v) is 5.47. The summed E-state index contributed by atoms with van der Waals surface area (Å²) in [5.41, 5.74) is 2.47. The Bertz CT molecular complexity index is 998. The average Bonchev–Trinajstić information content (AvgIpc) is 2.84. The highest BCUT2D eigenvalue weighted by molar-refractivity contribution is 5.45. The fraction of sp³-hybridized carbons (Fsp3) is 0.467. The summed E-state index contributed by atoms with van der Waals surface area (Å²) in [6.45, 7) is 5.42. The van der Waals surface area contributed by atoms with Crippen molar-refractivity contribution in [2.75, 3.05) is 13.2 Å². The van der Waals surface area contributed by atoms with Crippen molar-refractivity contribution in [3.05, 3.63) is 77.1 Å². The van der Waals surface area contributed by atoms with E-state index in [0.29, 0.717) is 24.5 Å². The van der Waals surface area contributed by atoms with E-state index >= 15 is 4.39 Å². The first-order chi connectivity index (χ1) is 16.2. The van der Waals surface area contributed by atoms with E-state index in [2.05, 4.69) is 18.8 Å². The highest BCUT2D eigenvalue weighted by Gasteiger charge is 2.36. The number of ether oxygens (including phenoxy) is 2. The molecule has 0 heterocycles. The van der Waals surface area contributed by atoms with E-state index in [0.717, 1.165) is 54.2 Å². The molecule has 4 atom stereocenters. The van der Waals surface area contributed by atoms with Crippen LogP contribution >= 0.6 is 0 Å². The van der Waals surface area contributed by atoms with Crippen molar-refractivity contribution >= 4 is 0 Å². The van der Waals surface area contributed by atoms with Crippen molar-refractivity contribution in [2.45, 2.75) is 64.4 Å². The molecule has 0 spiro atoms. The number of benzene rings is 2. The standard InChI is InChI=1S/C30H35FO2/c1-3-5-18-33-27-14-8-22(9-15-27)6-7-23-10-17-29(30(31)19-23)26-12-11-25-21-28(32-4-2)16-13-24(25)20-26/h3,5,8-10,14-15,17,19,24-26,28H,4,11-13,16,18,20-21H2,1-2H3/b5-3+. The lowest BCUT2D eigenvalue weighted by Gasteiger charge is -2.42. The molecular formula is C30H35FO2. The van der Waals surface area contributed by atoms with Crippen molar-refractivity contribution < 1.29 is 13.9 Å². The van der Waals surface area contributed by atoms with E-state index in [1.165, 1.54) is 19.3 Å². The third-order valence-corrected chi connectivity index (χ3v) is 7.19. The molecule has 0 aliphatic heterocycles. The third kappa shape index (κ3) is 6.27. The van der Waals surface area contributed by atoms with Gasteiger partial charge in [-0.1, -0.05) is 30.1 Å². The second-order valence-electron chi connectivity index (χ2n) is 9.31. The van der Waals surface area contributed by atoms with Gasteiger partial charge in [0.2, 0.25) is 0 Å². The number of hydrogen-bond donors (Lipinski definition) is 0. The average molecular weight is 447 g/mol. The predicted octanol–water partition coefficient (Wildman–Crippen LogP) is 7.27. The summed E-state index contributed by atoms with van der Waals surface area (Å²) in [6.07, 6.45) is 11.3. The maximum absolute atomic E-state index is 15.0. The molecule has 0 saturated heterocycles.